The first-order chi connectivity index (χ1) is 7.13. The van der Waals surface area contributed by atoms with Gasteiger partial charge in [-0.2, -0.15) is 0 Å². The van der Waals surface area contributed by atoms with E-state index in [1.807, 2.05) is 6.08 Å². The Bertz CT molecular complexity index is 360. The summed E-state index contributed by atoms with van der Waals surface area (Å²) in [6.45, 7) is 0. The van der Waals surface area contributed by atoms with Gasteiger partial charge in [0.2, 0.25) is 0 Å². The standard InChI is InChI=1S/C10H10BrClFNO/c1-15-14-6-9(12)4-7-2-3-8(11)5-10(7)13/h3-6,14H,2H2,1H3/b7-4+,9-6+. The average molecular weight is 295 g/mol. The predicted octanol–water partition coefficient (Wildman–Crippen LogP) is 3.68. The van der Waals surface area contributed by atoms with Crippen LogP contribution in [0.1, 0.15) is 6.42 Å². The molecular formula is C10H10BrClFNO. The fourth-order valence-electron chi connectivity index (χ4n) is 1.03. The summed E-state index contributed by atoms with van der Waals surface area (Å²) in [4.78, 5) is 4.58. The molecule has 0 aliphatic heterocycles. The second kappa shape index (κ2) is 6.10. The molecule has 0 amide bonds. The minimum absolute atomic E-state index is 0.284. The maximum atomic E-state index is 13.4. The third-order valence-electron chi connectivity index (χ3n) is 1.72. The molecule has 82 valence electrons. The van der Waals surface area contributed by atoms with Crippen LogP contribution < -0.4 is 5.48 Å². The molecule has 0 aromatic heterocycles. The summed E-state index contributed by atoms with van der Waals surface area (Å²) >= 11 is 9.01. The van der Waals surface area contributed by atoms with E-state index in [0.717, 1.165) is 4.48 Å². The third kappa shape index (κ3) is 4.20. The Hall–Kier alpha value is -0.580. The van der Waals surface area contributed by atoms with Crippen molar-refractivity contribution in [2.75, 3.05) is 7.11 Å². The van der Waals surface area contributed by atoms with Crippen molar-refractivity contribution < 1.29 is 9.23 Å². The highest BCUT2D eigenvalue weighted by atomic mass is 79.9. The van der Waals surface area contributed by atoms with Gasteiger partial charge < -0.3 is 0 Å². The molecule has 1 aliphatic rings. The van der Waals surface area contributed by atoms with Crippen LogP contribution in [0.15, 0.2) is 45.3 Å². The van der Waals surface area contributed by atoms with Crippen LogP contribution in [0.2, 0.25) is 0 Å². The summed E-state index contributed by atoms with van der Waals surface area (Å²) in [7, 11) is 1.47. The molecule has 0 atom stereocenters. The van der Waals surface area contributed by atoms with Crippen molar-refractivity contribution in [3.63, 3.8) is 0 Å². The summed E-state index contributed by atoms with van der Waals surface area (Å²) < 4.78 is 14.1. The maximum Gasteiger partial charge on any atom is 0.127 e. The smallest absolute Gasteiger partial charge is 0.127 e. The predicted molar refractivity (Wildman–Crippen MR) is 63.0 cm³/mol. The number of rotatable bonds is 3. The van der Waals surface area contributed by atoms with Gasteiger partial charge in [0, 0.05) is 10.7 Å². The highest BCUT2D eigenvalue weighted by molar-refractivity contribution is 9.11. The van der Waals surface area contributed by atoms with Crippen LogP contribution in [-0.4, -0.2) is 7.11 Å². The minimum atomic E-state index is -0.284. The van der Waals surface area contributed by atoms with Crippen LogP contribution in [-0.2, 0) is 4.84 Å². The van der Waals surface area contributed by atoms with E-state index in [4.69, 9.17) is 11.6 Å². The first-order valence-electron chi connectivity index (χ1n) is 4.21. The van der Waals surface area contributed by atoms with Gasteiger partial charge in [0.15, 0.2) is 0 Å². The van der Waals surface area contributed by atoms with Gasteiger partial charge in [-0.3, -0.25) is 10.3 Å². The molecule has 0 fully saturated rings. The Kier molecular flexibility index (Phi) is 5.08. The molecule has 0 aromatic rings. The molecule has 1 aliphatic carbocycles. The fraction of sp³-hybridized carbons (Fsp3) is 0.200. The number of halogens is 3. The summed E-state index contributed by atoms with van der Waals surface area (Å²) in [6, 6.07) is 0. The topological polar surface area (TPSA) is 21.3 Å². The van der Waals surface area contributed by atoms with E-state index in [2.05, 4.69) is 26.2 Å². The number of hydrogen-bond acceptors (Lipinski definition) is 2. The van der Waals surface area contributed by atoms with Gasteiger partial charge in [0.1, 0.15) is 5.83 Å². The van der Waals surface area contributed by atoms with Gasteiger partial charge in [-0.05, 0) is 24.1 Å². The molecule has 0 saturated heterocycles. The van der Waals surface area contributed by atoms with E-state index in [9.17, 15) is 4.39 Å². The first-order valence-corrected chi connectivity index (χ1v) is 5.38. The monoisotopic (exact) mass is 293 g/mol. The number of hydroxylamine groups is 1. The van der Waals surface area contributed by atoms with E-state index < -0.39 is 0 Å². The Balaban J connectivity index is 2.74. The van der Waals surface area contributed by atoms with Crippen LogP contribution in [0.4, 0.5) is 4.39 Å². The van der Waals surface area contributed by atoms with Crippen molar-refractivity contribution in [1.29, 1.82) is 0 Å². The Morgan fingerprint density at radius 3 is 3.07 bits per heavy atom. The lowest BCUT2D eigenvalue weighted by Gasteiger charge is -2.07. The average Bonchev–Trinajstić information content (AvgIpc) is 2.19. The zero-order valence-corrected chi connectivity index (χ0v) is 10.4. The van der Waals surface area contributed by atoms with E-state index in [1.54, 1.807) is 6.08 Å². The van der Waals surface area contributed by atoms with Gasteiger partial charge in [-0.15, -0.1) is 0 Å². The van der Waals surface area contributed by atoms with Gasteiger partial charge in [-0.25, -0.2) is 4.39 Å². The van der Waals surface area contributed by atoms with E-state index in [-0.39, 0.29) is 5.83 Å². The van der Waals surface area contributed by atoms with E-state index >= 15 is 0 Å². The van der Waals surface area contributed by atoms with Crippen molar-refractivity contribution in [2.45, 2.75) is 6.42 Å². The molecule has 0 saturated carbocycles. The number of nitrogens with one attached hydrogen (secondary N) is 1. The second-order valence-electron chi connectivity index (χ2n) is 2.81. The zero-order valence-electron chi connectivity index (χ0n) is 8.06. The third-order valence-corrected chi connectivity index (χ3v) is 2.49. The lowest BCUT2D eigenvalue weighted by molar-refractivity contribution is 0.128. The van der Waals surface area contributed by atoms with Crippen molar-refractivity contribution in [1.82, 2.24) is 5.48 Å². The van der Waals surface area contributed by atoms with Crippen LogP contribution >= 0.6 is 27.5 Å². The molecule has 0 aromatic carbocycles. The molecule has 2 nitrogen and oxygen atoms in total. The minimum Gasteiger partial charge on any atom is -0.280 e. The normalized spacial score (nSPS) is 20.0. The zero-order chi connectivity index (χ0) is 11.3. The van der Waals surface area contributed by atoms with Gasteiger partial charge in [-0.1, -0.05) is 33.6 Å². The number of allylic oxidation sites excluding steroid dienone is 7. The Morgan fingerprint density at radius 1 is 1.73 bits per heavy atom. The highest BCUT2D eigenvalue weighted by Gasteiger charge is 2.09. The summed E-state index contributed by atoms with van der Waals surface area (Å²) in [5.41, 5.74) is 3.00. The second-order valence-corrected chi connectivity index (χ2v) is 4.16. The Labute approximate surface area is 101 Å². The van der Waals surface area contributed by atoms with Gasteiger partial charge in [0.05, 0.1) is 12.1 Å². The van der Waals surface area contributed by atoms with Crippen LogP contribution in [0.5, 0.6) is 0 Å². The van der Waals surface area contributed by atoms with Crippen LogP contribution in [0.3, 0.4) is 0 Å². The van der Waals surface area contributed by atoms with Crippen LogP contribution in [0, 0.1) is 0 Å². The molecule has 0 radical (unpaired) electrons. The Morgan fingerprint density at radius 2 is 2.47 bits per heavy atom. The molecule has 0 spiro atoms. The van der Waals surface area contributed by atoms with Crippen molar-refractivity contribution >= 4 is 27.5 Å². The first kappa shape index (κ1) is 12.5. The van der Waals surface area contributed by atoms with E-state index in [1.165, 1.54) is 19.4 Å². The van der Waals surface area contributed by atoms with E-state index in [0.29, 0.717) is 17.0 Å². The molecule has 0 unspecified atom stereocenters. The molecule has 1 N–H and O–H groups in total. The maximum absolute atomic E-state index is 13.4. The van der Waals surface area contributed by atoms with Gasteiger partial charge >= 0.3 is 0 Å². The van der Waals surface area contributed by atoms with Crippen LogP contribution in [0.25, 0.3) is 0 Å². The summed E-state index contributed by atoms with van der Waals surface area (Å²) in [5, 5.41) is 0.377. The van der Waals surface area contributed by atoms with Gasteiger partial charge in [0.25, 0.3) is 0 Å². The molecular weight excluding hydrogens is 284 g/mol. The molecule has 5 heteroatoms. The summed E-state index contributed by atoms with van der Waals surface area (Å²) in [5.74, 6) is -0.284. The lowest BCUT2D eigenvalue weighted by Crippen LogP contribution is -2.01. The van der Waals surface area contributed by atoms with Crippen molar-refractivity contribution in [2.24, 2.45) is 0 Å². The van der Waals surface area contributed by atoms with Crippen molar-refractivity contribution in [3.8, 4) is 0 Å². The molecule has 0 heterocycles. The molecule has 15 heavy (non-hydrogen) atoms. The molecule has 0 bridgehead atoms. The highest BCUT2D eigenvalue weighted by Crippen LogP contribution is 2.28. The summed E-state index contributed by atoms with van der Waals surface area (Å²) in [6.07, 6.45) is 6.77. The van der Waals surface area contributed by atoms with Crippen molar-refractivity contribution in [3.05, 3.63) is 45.3 Å². The SMILES string of the molecule is CON/C=C(Cl)\C=C1/CC=C(Br)C=C1F. The largest absolute Gasteiger partial charge is 0.280 e. The molecule has 1 rings (SSSR count). The lowest BCUT2D eigenvalue weighted by atomic mass is 10.1. The number of hydrogen-bond donors (Lipinski definition) is 1. The quantitative estimate of drug-likeness (QED) is 0.802. The fourth-order valence-corrected chi connectivity index (χ4v) is 1.57.